The molecule has 0 amide bonds. The van der Waals surface area contributed by atoms with Crippen LogP contribution in [0.5, 0.6) is 0 Å². The molecule has 9 nitrogen and oxygen atoms in total. The first-order valence-electron chi connectivity index (χ1n) is 25.7. The van der Waals surface area contributed by atoms with E-state index < -0.39 is 17.9 Å². The Morgan fingerprint density at radius 2 is 0.536 bits per heavy atom. The van der Waals surface area contributed by atoms with Gasteiger partial charge in [-0.1, -0.05) is 196 Å². The SMILES string of the molecule is O=C(O)c1c(Sc2ccccc2)c2cc(Cl)ccc2n1Cc1ccc(Cl)cc1.O=C(O)c1c(Sc2ccccc2)c2cc(Cl)ccc2n1Cc1ccc(Cl)cc1.O=C(O)c1c(Sc2ccccc2)c2cc(Cl)ccc2n1Cc1ccc(Cl)cc1. The number of aromatic nitrogens is 3. The number of fused-ring (bicyclic) bond motifs is 3. The summed E-state index contributed by atoms with van der Waals surface area (Å²) in [5.74, 6) is -2.92. The second-order valence-corrected chi connectivity index (χ2v) is 24.7. The predicted octanol–water partition coefficient (Wildman–Crippen LogP) is 20.5. The number of aromatic carboxylic acids is 3. The Morgan fingerprint density at radius 1 is 0.310 bits per heavy atom. The number of carbonyl (C=O) groups is 3. The zero-order valence-electron chi connectivity index (χ0n) is 43.8. The molecule has 12 rings (SSSR count). The zero-order valence-corrected chi connectivity index (χ0v) is 50.8. The van der Waals surface area contributed by atoms with E-state index in [0.29, 0.717) is 64.5 Å². The van der Waals surface area contributed by atoms with Crippen LogP contribution in [-0.4, -0.2) is 46.9 Å². The van der Waals surface area contributed by atoms with Gasteiger partial charge in [0.25, 0.3) is 0 Å². The van der Waals surface area contributed by atoms with E-state index in [1.165, 1.54) is 35.3 Å². The quantitative estimate of drug-likeness (QED) is 0.0920. The van der Waals surface area contributed by atoms with Crippen LogP contribution in [0.2, 0.25) is 30.1 Å². The molecule has 84 heavy (non-hydrogen) atoms. The van der Waals surface area contributed by atoms with Crippen molar-refractivity contribution in [2.75, 3.05) is 0 Å². The molecular formula is C66H45Cl6N3O6S3. The summed E-state index contributed by atoms with van der Waals surface area (Å²) in [5.41, 5.74) is 6.14. The molecule has 0 atom stereocenters. The van der Waals surface area contributed by atoms with Gasteiger partial charge in [-0.05, 0) is 144 Å². The predicted molar refractivity (Wildman–Crippen MR) is 345 cm³/mol. The lowest BCUT2D eigenvalue weighted by Crippen LogP contribution is -2.10. The van der Waals surface area contributed by atoms with Crippen LogP contribution < -0.4 is 0 Å². The standard InChI is InChI=1S/3C22H15Cl2NO2S/c3*23-15-8-6-14(7-9-15)13-25-19-11-10-16(24)12-18(19)21(20(25)22(26)27)28-17-4-2-1-3-5-17/h3*1-12H,13H2,(H,26,27). The second-order valence-electron chi connectivity index (χ2n) is 18.8. The van der Waals surface area contributed by atoms with Gasteiger partial charge in [0, 0.05) is 80.6 Å². The first-order valence-corrected chi connectivity index (χ1v) is 30.4. The summed E-state index contributed by atoms with van der Waals surface area (Å²) >= 11 is 40.9. The van der Waals surface area contributed by atoms with E-state index in [1.54, 1.807) is 54.6 Å². The minimum absolute atomic E-state index is 0.251. The van der Waals surface area contributed by atoms with E-state index in [4.69, 9.17) is 69.6 Å². The summed E-state index contributed by atoms with van der Waals surface area (Å²) in [6, 6.07) is 67.9. The van der Waals surface area contributed by atoms with Crippen molar-refractivity contribution in [3.8, 4) is 0 Å². The van der Waals surface area contributed by atoms with E-state index in [9.17, 15) is 29.7 Å². The van der Waals surface area contributed by atoms with Gasteiger partial charge in [-0.15, -0.1) is 0 Å². The maximum absolute atomic E-state index is 12.2. The first-order chi connectivity index (χ1) is 40.6. The van der Waals surface area contributed by atoms with Crippen molar-refractivity contribution in [2.45, 2.75) is 49.0 Å². The van der Waals surface area contributed by atoms with E-state index in [0.717, 1.165) is 64.1 Å². The Labute approximate surface area is 525 Å². The summed E-state index contributed by atoms with van der Waals surface area (Å²) in [6.07, 6.45) is 0. The molecule has 0 saturated carbocycles. The lowest BCUT2D eigenvalue weighted by Gasteiger charge is -2.09. The highest BCUT2D eigenvalue weighted by Crippen LogP contribution is 2.43. The molecule has 0 spiro atoms. The van der Waals surface area contributed by atoms with Gasteiger partial charge >= 0.3 is 17.9 Å². The molecule has 0 aliphatic rings. The van der Waals surface area contributed by atoms with E-state index in [2.05, 4.69) is 0 Å². The Kier molecular flexibility index (Phi) is 19.4. The van der Waals surface area contributed by atoms with Crippen molar-refractivity contribution >= 4 is 156 Å². The van der Waals surface area contributed by atoms with Gasteiger partial charge in [0.05, 0.1) is 31.2 Å². The molecule has 3 heterocycles. The molecule has 9 aromatic carbocycles. The molecule has 3 aromatic heterocycles. The van der Waals surface area contributed by atoms with E-state index in [-0.39, 0.29) is 17.1 Å². The van der Waals surface area contributed by atoms with Crippen molar-refractivity contribution in [2.24, 2.45) is 0 Å². The molecule has 0 saturated heterocycles. The topological polar surface area (TPSA) is 127 Å². The van der Waals surface area contributed by atoms with Crippen LogP contribution in [0, 0.1) is 0 Å². The number of halogens is 6. The van der Waals surface area contributed by atoms with Crippen molar-refractivity contribution < 1.29 is 29.7 Å². The first kappa shape index (κ1) is 59.9. The van der Waals surface area contributed by atoms with E-state index >= 15 is 0 Å². The second kappa shape index (κ2) is 27.2. The highest BCUT2D eigenvalue weighted by atomic mass is 35.5. The third-order valence-corrected chi connectivity index (χ3v) is 18.0. The van der Waals surface area contributed by atoms with Gasteiger partial charge in [-0.3, -0.25) is 0 Å². The van der Waals surface area contributed by atoms with Gasteiger partial charge in [0.1, 0.15) is 17.1 Å². The molecule has 0 fully saturated rings. The molecule has 0 aliphatic heterocycles. The lowest BCUT2D eigenvalue weighted by atomic mass is 10.2. The number of hydrogen-bond donors (Lipinski definition) is 3. The lowest BCUT2D eigenvalue weighted by molar-refractivity contribution is 0.0671. The van der Waals surface area contributed by atoms with Crippen LogP contribution in [-0.2, 0) is 19.6 Å². The molecular weight excluding hydrogens is 1240 g/mol. The average molecular weight is 1290 g/mol. The van der Waals surface area contributed by atoms with Crippen molar-refractivity contribution in [1.82, 2.24) is 13.7 Å². The third kappa shape index (κ3) is 14.1. The highest BCUT2D eigenvalue weighted by Gasteiger charge is 2.27. The Bertz CT molecular complexity index is 3910. The number of hydrogen-bond acceptors (Lipinski definition) is 6. The van der Waals surface area contributed by atoms with Crippen molar-refractivity contribution in [1.29, 1.82) is 0 Å². The smallest absolute Gasteiger partial charge is 0.353 e. The normalized spacial score (nSPS) is 11.1. The fourth-order valence-corrected chi connectivity index (χ4v) is 13.6. The fourth-order valence-electron chi connectivity index (χ4n) is 9.46. The Balaban J connectivity index is 0.000000140. The maximum atomic E-state index is 12.2. The summed E-state index contributed by atoms with van der Waals surface area (Å²) in [5, 5.41) is 36.2. The minimum Gasteiger partial charge on any atom is -0.477 e. The molecule has 0 bridgehead atoms. The van der Waals surface area contributed by atoms with Gasteiger partial charge < -0.3 is 29.0 Å². The monoisotopic (exact) mass is 1280 g/mol. The van der Waals surface area contributed by atoms with Crippen LogP contribution in [0.3, 0.4) is 0 Å². The summed E-state index contributed by atoms with van der Waals surface area (Å²) in [4.78, 5) is 41.7. The summed E-state index contributed by atoms with van der Waals surface area (Å²) in [7, 11) is 0. The number of benzene rings is 9. The number of rotatable bonds is 15. The van der Waals surface area contributed by atoms with Crippen LogP contribution in [0.1, 0.15) is 48.2 Å². The molecule has 12 aromatic rings. The maximum Gasteiger partial charge on any atom is 0.353 e. The average Bonchev–Trinajstić information content (AvgIpc) is 1.98. The van der Waals surface area contributed by atoms with Crippen LogP contribution >= 0.6 is 105 Å². The molecule has 18 heteroatoms. The number of carboxylic acid groups (broad SMARTS) is 3. The Hall–Kier alpha value is -7.20. The van der Waals surface area contributed by atoms with Crippen LogP contribution in [0.15, 0.2) is 248 Å². The molecule has 0 radical (unpaired) electrons. The number of nitrogens with zero attached hydrogens (tertiary/aromatic N) is 3. The molecule has 3 N–H and O–H groups in total. The summed E-state index contributed by atoms with van der Waals surface area (Å²) < 4.78 is 5.47. The van der Waals surface area contributed by atoms with Crippen LogP contribution in [0.25, 0.3) is 32.7 Å². The van der Waals surface area contributed by atoms with Gasteiger partial charge in [0.15, 0.2) is 0 Å². The molecule has 0 aliphatic carbocycles. The highest BCUT2D eigenvalue weighted by molar-refractivity contribution is 8.00. The van der Waals surface area contributed by atoms with Gasteiger partial charge in [0.2, 0.25) is 0 Å². The van der Waals surface area contributed by atoms with Crippen molar-refractivity contribution in [3.05, 3.63) is 282 Å². The van der Waals surface area contributed by atoms with Crippen LogP contribution in [0.4, 0.5) is 0 Å². The zero-order chi connectivity index (χ0) is 59.0. The minimum atomic E-state index is -0.972. The molecule has 0 unspecified atom stereocenters. The fraction of sp³-hybridized carbons (Fsp3) is 0.0455. The summed E-state index contributed by atoms with van der Waals surface area (Å²) in [6.45, 7) is 1.27. The van der Waals surface area contributed by atoms with Gasteiger partial charge in [-0.25, -0.2) is 14.4 Å². The largest absolute Gasteiger partial charge is 0.477 e. The Morgan fingerprint density at radius 3 is 0.762 bits per heavy atom. The third-order valence-electron chi connectivity index (χ3n) is 13.2. The van der Waals surface area contributed by atoms with E-state index in [1.807, 2.05) is 177 Å². The van der Waals surface area contributed by atoms with Gasteiger partial charge in [-0.2, -0.15) is 0 Å². The van der Waals surface area contributed by atoms with Crippen molar-refractivity contribution in [3.63, 3.8) is 0 Å². The number of carboxylic acids is 3. The molecule has 420 valence electrons.